The second kappa shape index (κ2) is 5.19. The van der Waals surface area contributed by atoms with Gasteiger partial charge in [-0.2, -0.15) is 0 Å². The molecule has 17 heavy (non-hydrogen) atoms. The molecular weight excluding hydrogens is 280 g/mol. The molecule has 1 aliphatic rings. The van der Waals surface area contributed by atoms with E-state index in [0.717, 1.165) is 23.0 Å². The minimum Gasteiger partial charge on any atom is -0.334 e. The SMILES string of the molecule is CCCN1C(=O)C[C@H](N)[C@H]1c1ccc(Br)cc1. The normalized spacial score (nSPS) is 24.4. The Balaban J connectivity index is 2.28. The van der Waals surface area contributed by atoms with Crippen LogP contribution < -0.4 is 5.73 Å². The van der Waals surface area contributed by atoms with Crippen molar-refractivity contribution in [2.75, 3.05) is 6.54 Å². The predicted octanol–water partition coefficient (Wildman–Crippen LogP) is 2.46. The molecule has 1 aromatic carbocycles. The Hall–Kier alpha value is -0.870. The largest absolute Gasteiger partial charge is 0.334 e. The minimum absolute atomic E-state index is 0.0375. The van der Waals surface area contributed by atoms with Gasteiger partial charge in [0.15, 0.2) is 0 Å². The zero-order chi connectivity index (χ0) is 12.4. The molecule has 1 aromatic rings. The Kier molecular flexibility index (Phi) is 3.84. The lowest BCUT2D eigenvalue weighted by molar-refractivity contribution is -0.129. The topological polar surface area (TPSA) is 46.3 Å². The lowest BCUT2D eigenvalue weighted by Crippen LogP contribution is -2.33. The van der Waals surface area contributed by atoms with Gasteiger partial charge in [0.2, 0.25) is 5.91 Å². The van der Waals surface area contributed by atoms with Crippen LogP contribution in [0.5, 0.6) is 0 Å². The van der Waals surface area contributed by atoms with Crippen LogP contribution in [0.3, 0.4) is 0 Å². The van der Waals surface area contributed by atoms with Gasteiger partial charge in [-0.25, -0.2) is 0 Å². The molecule has 92 valence electrons. The number of carbonyl (C=O) groups is 1. The monoisotopic (exact) mass is 296 g/mol. The fourth-order valence-corrected chi connectivity index (χ4v) is 2.67. The molecule has 0 saturated carbocycles. The number of hydrogen-bond acceptors (Lipinski definition) is 2. The molecule has 4 heteroatoms. The number of nitrogens with zero attached hydrogens (tertiary/aromatic N) is 1. The van der Waals surface area contributed by atoms with Gasteiger partial charge < -0.3 is 10.6 Å². The highest BCUT2D eigenvalue weighted by Crippen LogP contribution is 2.32. The molecule has 1 saturated heterocycles. The maximum absolute atomic E-state index is 11.9. The zero-order valence-electron chi connectivity index (χ0n) is 9.90. The van der Waals surface area contributed by atoms with Crippen LogP contribution in [0.15, 0.2) is 28.7 Å². The molecule has 0 unspecified atom stereocenters. The Morgan fingerprint density at radius 3 is 2.65 bits per heavy atom. The first-order chi connectivity index (χ1) is 8.13. The molecule has 1 fully saturated rings. The van der Waals surface area contributed by atoms with Crippen LogP contribution >= 0.6 is 15.9 Å². The van der Waals surface area contributed by atoms with Gasteiger partial charge in [0.1, 0.15) is 0 Å². The predicted molar refractivity (Wildman–Crippen MR) is 71.5 cm³/mol. The Labute approximate surface area is 110 Å². The molecule has 0 radical (unpaired) electrons. The number of hydrogen-bond donors (Lipinski definition) is 1. The summed E-state index contributed by atoms with van der Waals surface area (Å²) in [5.41, 5.74) is 7.21. The third-order valence-electron chi connectivity index (χ3n) is 3.15. The first-order valence-corrected chi connectivity index (χ1v) is 6.73. The average Bonchev–Trinajstić information content (AvgIpc) is 2.56. The average molecular weight is 297 g/mol. The molecule has 3 nitrogen and oxygen atoms in total. The minimum atomic E-state index is -0.0878. The van der Waals surface area contributed by atoms with Crippen LogP contribution in [0.25, 0.3) is 0 Å². The summed E-state index contributed by atoms with van der Waals surface area (Å²) in [7, 11) is 0. The fraction of sp³-hybridized carbons (Fsp3) is 0.462. The summed E-state index contributed by atoms with van der Waals surface area (Å²) in [5, 5.41) is 0. The number of likely N-dealkylation sites (tertiary alicyclic amines) is 1. The standard InChI is InChI=1S/C13H17BrN2O/c1-2-7-16-12(17)8-11(15)13(16)9-3-5-10(14)6-4-9/h3-6,11,13H,2,7-8,15H2,1H3/t11-,13+/m0/s1. The lowest BCUT2D eigenvalue weighted by atomic mass is 10.0. The highest BCUT2D eigenvalue weighted by atomic mass is 79.9. The van der Waals surface area contributed by atoms with Crippen molar-refractivity contribution in [3.8, 4) is 0 Å². The second-order valence-corrected chi connectivity index (χ2v) is 5.37. The van der Waals surface area contributed by atoms with Crippen molar-refractivity contribution in [1.29, 1.82) is 0 Å². The Morgan fingerprint density at radius 2 is 2.06 bits per heavy atom. The van der Waals surface area contributed by atoms with Gasteiger partial charge in [-0.1, -0.05) is 35.0 Å². The molecule has 2 rings (SSSR count). The number of halogens is 1. The molecule has 1 amide bonds. The zero-order valence-corrected chi connectivity index (χ0v) is 11.5. The summed E-state index contributed by atoms with van der Waals surface area (Å²) in [6.07, 6.45) is 1.42. The quantitative estimate of drug-likeness (QED) is 0.931. The third kappa shape index (κ3) is 2.53. The van der Waals surface area contributed by atoms with Gasteiger partial charge >= 0.3 is 0 Å². The summed E-state index contributed by atoms with van der Waals surface area (Å²) in [6, 6.07) is 8.01. The molecule has 0 spiro atoms. The van der Waals surface area contributed by atoms with Crippen molar-refractivity contribution in [1.82, 2.24) is 4.90 Å². The van der Waals surface area contributed by atoms with Crippen LogP contribution in [0.2, 0.25) is 0 Å². The van der Waals surface area contributed by atoms with E-state index in [4.69, 9.17) is 5.73 Å². The van der Waals surface area contributed by atoms with Crippen LogP contribution in [-0.2, 0) is 4.79 Å². The van der Waals surface area contributed by atoms with Crippen LogP contribution in [0, 0.1) is 0 Å². The van der Waals surface area contributed by atoms with Gasteiger partial charge in [-0.05, 0) is 24.1 Å². The van der Waals surface area contributed by atoms with Gasteiger partial charge in [-0.15, -0.1) is 0 Å². The summed E-state index contributed by atoms with van der Waals surface area (Å²) < 4.78 is 1.04. The Morgan fingerprint density at radius 1 is 1.41 bits per heavy atom. The second-order valence-electron chi connectivity index (χ2n) is 4.45. The maximum atomic E-state index is 11.9. The number of benzene rings is 1. The van der Waals surface area contributed by atoms with E-state index in [1.807, 2.05) is 29.2 Å². The summed E-state index contributed by atoms with van der Waals surface area (Å²) in [5.74, 6) is 0.173. The van der Waals surface area contributed by atoms with E-state index in [1.54, 1.807) is 0 Å². The number of carbonyl (C=O) groups excluding carboxylic acids is 1. The van der Waals surface area contributed by atoms with Crippen molar-refractivity contribution in [3.63, 3.8) is 0 Å². The summed E-state index contributed by atoms with van der Waals surface area (Å²) in [4.78, 5) is 13.8. The smallest absolute Gasteiger partial charge is 0.224 e. The van der Waals surface area contributed by atoms with Crippen LogP contribution in [0.4, 0.5) is 0 Å². The number of rotatable bonds is 3. The molecule has 1 aliphatic heterocycles. The first kappa shape index (κ1) is 12.6. The van der Waals surface area contributed by atoms with Crippen molar-refractivity contribution >= 4 is 21.8 Å². The highest BCUT2D eigenvalue weighted by Gasteiger charge is 2.37. The fourth-order valence-electron chi connectivity index (χ4n) is 2.41. The van der Waals surface area contributed by atoms with Crippen molar-refractivity contribution in [2.45, 2.75) is 31.8 Å². The molecule has 0 aliphatic carbocycles. The van der Waals surface area contributed by atoms with Crippen molar-refractivity contribution < 1.29 is 4.79 Å². The van der Waals surface area contributed by atoms with E-state index in [1.165, 1.54) is 0 Å². The maximum Gasteiger partial charge on any atom is 0.224 e. The molecule has 0 aromatic heterocycles. The lowest BCUT2D eigenvalue weighted by Gasteiger charge is -2.27. The highest BCUT2D eigenvalue weighted by molar-refractivity contribution is 9.10. The van der Waals surface area contributed by atoms with Crippen molar-refractivity contribution in [3.05, 3.63) is 34.3 Å². The molecule has 2 atom stereocenters. The molecule has 2 N–H and O–H groups in total. The number of amides is 1. The van der Waals surface area contributed by atoms with Crippen molar-refractivity contribution in [2.24, 2.45) is 5.73 Å². The molecular formula is C13H17BrN2O. The molecule has 1 heterocycles. The van der Waals surface area contributed by atoms with Gasteiger partial charge in [0, 0.05) is 23.5 Å². The van der Waals surface area contributed by atoms with E-state index in [0.29, 0.717) is 6.42 Å². The molecule has 0 bridgehead atoms. The van der Waals surface area contributed by atoms with E-state index < -0.39 is 0 Å². The van der Waals surface area contributed by atoms with Gasteiger partial charge in [0.25, 0.3) is 0 Å². The van der Waals surface area contributed by atoms with Gasteiger partial charge in [-0.3, -0.25) is 4.79 Å². The Bertz CT molecular complexity index is 404. The summed E-state index contributed by atoms with van der Waals surface area (Å²) >= 11 is 3.42. The number of nitrogens with two attached hydrogens (primary N) is 1. The van der Waals surface area contributed by atoms with Crippen LogP contribution in [-0.4, -0.2) is 23.4 Å². The van der Waals surface area contributed by atoms with Gasteiger partial charge in [0.05, 0.1) is 6.04 Å². The van der Waals surface area contributed by atoms with E-state index in [2.05, 4.69) is 22.9 Å². The van der Waals surface area contributed by atoms with E-state index in [-0.39, 0.29) is 18.0 Å². The summed E-state index contributed by atoms with van der Waals surface area (Å²) in [6.45, 7) is 2.86. The van der Waals surface area contributed by atoms with E-state index >= 15 is 0 Å². The third-order valence-corrected chi connectivity index (χ3v) is 3.68. The first-order valence-electron chi connectivity index (χ1n) is 5.94. The van der Waals surface area contributed by atoms with E-state index in [9.17, 15) is 4.79 Å². The van der Waals surface area contributed by atoms with Crippen LogP contribution in [0.1, 0.15) is 31.4 Å².